The molecule has 3 aromatic rings. The highest BCUT2D eigenvalue weighted by molar-refractivity contribution is 6.06. The number of hydrogen-bond donors (Lipinski definition) is 2. The number of imide groups is 1. The second-order valence-corrected chi connectivity index (χ2v) is 6.95. The van der Waals surface area contributed by atoms with Gasteiger partial charge in [0.15, 0.2) is 0 Å². The lowest BCUT2D eigenvalue weighted by Crippen LogP contribution is -2.34. The summed E-state index contributed by atoms with van der Waals surface area (Å²) in [7, 11) is 0. The maximum atomic E-state index is 12.6. The van der Waals surface area contributed by atoms with Gasteiger partial charge >= 0.3 is 6.03 Å². The number of carbonyl (C=O) groups is 3. The van der Waals surface area contributed by atoms with Gasteiger partial charge in [0.1, 0.15) is 18.7 Å². The number of urea groups is 1. The largest absolute Gasteiger partial charge is 0.326 e. The molecule has 152 valence electrons. The zero-order chi connectivity index (χ0) is 20.9. The van der Waals surface area contributed by atoms with Gasteiger partial charge in [0.25, 0.3) is 5.91 Å². The molecule has 0 bridgehead atoms. The minimum Gasteiger partial charge on any atom is -0.326 e. The third kappa shape index (κ3) is 4.52. The zero-order valence-electron chi connectivity index (χ0n) is 16.1. The molecule has 2 aromatic carbocycles. The van der Waals surface area contributed by atoms with Crippen molar-refractivity contribution >= 4 is 23.5 Å². The lowest BCUT2D eigenvalue weighted by atomic mass is 10.1. The fourth-order valence-corrected chi connectivity index (χ4v) is 3.22. The standard InChI is InChI=1S/C21H20N6O3/c28-19(24-17-8-6-16(7-9-17)11-26-14-22-13-23-26)10-18-20(29)27(21(30)25-18)12-15-4-2-1-3-5-15/h1-9,13-14,18H,10-12H2,(H,24,28)(H,25,30). The molecule has 9 heteroatoms. The monoisotopic (exact) mass is 404 g/mol. The van der Waals surface area contributed by atoms with Crippen LogP contribution < -0.4 is 10.6 Å². The molecular formula is C21H20N6O3. The van der Waals surface area contributed by atoms with E-state index in [2.05, 4.69) is 20.7 Å². The van der Waals surface area contributed by atoms with E-state index >= 15 is 0 Å². The number of aromatic nitrogens is 3. The average Bonchev–Trinajstić information content (AvgIpc) is 3.34. The Bertz CT molecular complexity index is 1030. The fraction of sp³-hybridized carbons (Fsp3) is 0.190. The molecule has 1 aromatic heterocycles. The SMILES string of the molecule is O=C(CC1NC(=O)N(Cc2ccccc2)C1=O)Nc1ccc(Cn2cncn2)cc1. The van der Waals surface area contributed by atoms with Crippen LogP contribution in [0, 0.1) is 0 Å². The molecule has 9 nitrogen and oxygen atoms in total. The number of anilines is 1. The molecule has 0 saturated carbocycles. The predicted octanol–water partition coefficient (Wildman–Crippen LogP) is 1.78. The smallest absolute Gasteiger partial charge is 0.325 e. The zero-order valence-corrected chi connectivity index (χ0v) is 16.1. The van der Waals surface area contributed by atoms with E-state index in [-0.39, 0.29) is 18.9 Å². The first-order chi connectivity index (χ1) is 14.6. The summed E-state index contributed by atoms with van der Waals surface area (Å²) in [6, 6.07) is 15.2. The van der Waals surface area contributed by atoms with Crippen LogP contribution in [0.1, 0.15) is 17.5 Å². The van der Waals surface area contributed by atoms with Crippen molar-refractivity contribution in [3.63, 3.8) is 0 Å². The summed E-state index contributed by atoms with van der Waals surface area (Å²) in [6.07, 6.45) is 2.97. The van der Waals surface area contributed by atoms with Gasteiger partial charge in [-0.1, -0.05) is 42.5 Å². The molecule has 4 amide bonds. The quantitative estimate of drug-likeness (QED) is 0.584. The summed E-state index contributed by atoms with van der Waals surface area (Å²) in [4.78, 5) is 42.1. The second kappa shape index (κ2) is 8.56. The molecule has 30 heavy (non-hydrogen) atoms. The second-order valence-electron chi connectivity index (χ2n) is 6.95. The summed E-state index contributed by atoms with van der Waals surface area (Å²) in [5.41, 5.74) is 2.46. The number of hydrogen-bond acceptors (Lipinski definition) is 5. The van der Waals surface area contributed by atoms with Gasteiger partial charge in [0.2, 0.25) is 5.91 Å². The van der Waals surface area contributed by atoms with Crippen molar-refractivity contribution in [2.75, 3.05) is 5.32 Å². The summed E-state index contributed by atoms with van der Waals surface area (Å²) >= 11 is 0. The number of benzene rings is 2. The highest BCUT2D eigenvalue weighted by atomic mass is 16.2. The van der Waals surface area contributed by atoms with E-state index in [1.54, 1.807) is 23.1 Å². The first-order valence-corrected chi connectivity index (χ1v) is 9.45. The van der Waals surface area contributed by atoms with Gasteiger partial charge in [0.05, 0.1) is 19.5 Å². The normalized spacial score (nSPS) is 15.9. The van der Waals surface area contributed by atoms with E-state index in [9.17, 15) is 14.4 Å². The van der Waals surface area contributed by atoms with Gasteiger partial charge in [-0.2, -0.15) is 5.10 Å². The molecule has 1 aliphatic rings. The molecule has 1 saturated heterocycles. The first kappa shape index (κ1) is 19.3. The predicted molar refractivity (Wildman–Crippen MR) is 108 cm³/mol. The van der Waals surface area contributed by atoms with Crippen LogP contribution in [-0.4, -0.2) is 43.6 Å². The highest BCUT2D eigenvalue weighted by Gasteiger charge is 2.38. The Balaban J connectivity index is 1.31. The molecule has 0 spiro atoms. The lowest BCUT2D eigenvalue weighted by Gasteiger charge is -2.13. The van der Waals surface area contributed by atoms with Crippen molar-refractivity contribution in [2.45, 2.75) is 25.6 Å². The van der Waals surface area contributed by atoms with Crippen LogP contribution in [0.3, 0.4) is 0 Å². The van der Waals surface area contributed by atoms with Crippen molar-refractivity contribution in [2.24, 2.45) is 0 Å². The van der Waals surface area contributed by atoms with Gasteiger partial charge in [0, 0.05) is 5.69 Å². The van der Waals surface area contributed by atoms with Crippen LogP contribution in [0.2, 0.25) is 0 Å². The third-order valence-electron chi connectivity index (χ3n) is 4.73. The average molecular weight is 404 g/mol. The van der Waals surface area contributed by atoms with Gasteiger partial charge in [-0.3, -0.25) is 14.5 Å². The first-order valence-electron chi connectivity index (χ1n) is 9.45. The fourth-order valence-electron chi connectivity index (χ4n) is 3.22. The summed E-state index contributed by atoms with van der Waals surface area (Å²) in [6.45, 7) is 0.755. The molecule has 0 aliphatic carbocycles. The Morgan fingerprint density at radius 1 is 1.00 bits per heavy atom. The minimum absolute atomic E-state index is 0.128. The van der Waals surface area contributed by atoms with E-state index < -0.39 is 18.0 Å². The minimum atomic E-state index is -0.868. The van der Waals surface area contributed by atoms with Gasteiger partial charge < -0.3 is 10.6 Å². The number of carbonyl (C=O) groups excluding carboxylic acids is 3. The highest BCUT2D eigenvalue weighted by Crippen LogP contribution is 2.16. The summed E-state index contributed by atoms with van der Waals surface area (Å²) in [5, 5.41) is 9.40. The number of nitrogens with one attached hydrogen (secondary N) is 2. The van der Waals surface area contributed by atoms with Crippen molar-refractivity contribution in [3.8, 4) is 0 Å². The van der Waals surface area contributed by atoms with Crippen LogP contribution in [0.15, 0.2) is 67.3 Å². The van der Waals surface area contributed by atoms with Gasteiger partial charge in [-0.25, -0.2) is 14.5 Å². The van der Waals surface area contributed by atoms with E-state index in [0.29, 0.717) is 12.2 Å². The number of rotatable bonds is 7. The molecule has 1 unspecified atom stereocenters. The van der Waals surface area contributed by atoms with Crippen LogP contribution in [0.25, 0.3) is 0 Å². The van der Waals surface area contributed by atoms with Crippen molar-refractivity contribution in [1.82, 2.24) is 25.0 Å². The van der Waals surface area contributed by atoms with Crippen molar-refractivity contribution < 1.29 is 14.4 Å². The third-order valence-corrected chi connectivity index (χ3v) is 4.73. The number of amides is 4. The van der Waals surface area contributed by atoms with Crippen molar-refractivity contribution in [1.29, 1.82) is 0 Å². The lowest BCUT2D eigenvalue weighted by molar-refractivity contribution is -0.130. The molecule has 0 radical (unpaired) electrons. The maximum absolute atomic E-state index is 12.6. The van der Waals surface area contributed by atoms with Gasteiger partial charge in [-0.05, 0) is 23.3 Å². The Hall–Kier alpha value is -4.01. The molecule has 2 heterocycles. The molecular weight excluding hydrogens is 384 g/mol. The molecule has 1 aliphatic heterocycles. The molecule has 4 rings (SSSR count). The Labute approximate surface area is 172 Å². The van der Waals surface area contributed by atoms with Crippen molar-refractivity contribution in [3.05, 3.63) is 78.4 Å². The van der Waals surface area contributed by atoms with E-state index in [1.807, 2.05) is 42.5 Å². The maximum Gasteiger partial charge on any atom is 0.325 e. The summed E-state index contributed by atoms with van der Waals surface area (Å²) < 4.78 is 1.70. The van der Waals surface area contributed by atoms with Crippen LogP contribution in [0.5, 0.6) is 0 Å². The van der Waals surface area contributed by atoms with Gasteiger partial charge in [-0.15, -0.1) is 0 Å². The number of nitrogens with zero attached hydrogens (tertiary/aromatic N) is 4. The molecule has 1 fully saturated rings. The van der Waals surface area contributed by atoms with E-state index in [4.69, 9.17) is 0 Å². The Morgan fingerprint density at radius 2 is 1.73 bits per heavy atom. The van der Waals surface area contributed by atoms with E-state index in [1.165, 1.54) is 6.33 Å². The Kier molecular flexibility index (Phi) is 5.51. The summed E-state index contributed by atoms with van der Waals surface area (Å²) in [5.74, 6) is -0.749. The van der Waals surface area contributed by atoms with Crippen LogP contribution >= 0.6 is 0 Å². The Morgan fingerprint density at radius 3 is 2.43 bits per heavy atom. The molecule has 1 atom stereocenters. The van der Waals surface area contributed by atoms with E-state index in [0.717, 1.165) is 16.0 Å². The van der Waals surface area contributed by atoms with Crippen LogP contribution in [0.4, 0.5) is 10.5 Å². The van der Waals surface area contributed by atoms with Crippen LogP contribution in [-0.2, 0) is 22.7 Å². The molecule has 2 N–H and O–H groups in total. The topological polar surface area (TPSA) is 109 Å².